The molecule has 2 heterocycles. The van der Waals surface area contributed by atoms with Crippen LogP contribution in [0.1, 0.15) is 32.8 Å². The van der Waals surface area contributed by atoms with Crippen molar-refractivity contribution in [1.82, 2.24) is 4.90 Å². The van der Waals surface area contributed by atoms with Gasteiger partial charge in [0.05, 0.1) is 25.0 Å². The number of ether oxygens (including phenoxy) is 2. The summed E-state index contributed by atoms with van der Waals surface area (Å²) in [5.41, 5.74) is 1.93. The van der Waals surface area contributed by atoms with Crippen molar-refractivity contribution in [2.24, 2.45) is 11.8 Å². The van der Waals surface area contributed by atoms with Crippen LogP contribution in [0, 0.1) is 11.8 Å². The number of carbonyl (C=O) groups excluding carboxylic acids is 2. The summed E-state index contributed by atoms with van der Waals surface area (Å²) in [6, 6.07) is 14.6. The van der Waals surface area contributed by atoms with Crippen LogP contribution in [-0.4, -0.2) is 43.5 Å². The third-order valence-corrected chi connectivity index (χ3v) is 6.03. The molecule has 1 saturated heterocycles. The number of anilines is 1. The van der Waals surface area contributed by atoms with Gasteiger partial charge >= 0.3 is 0 Å². The Morgan fingerprint density at radius 1 is 0.906 bits per heavy atom. The summed E-state index contributed by atoms with van der Waals surface area (Å²) in [6.07, 6.45) is 1.10. The lowest BCUT2D eigenvalue weighted by Crippen LogP contribution is -2.42. The molecule has 32 heavy (non-hydrogen) atoms. The molecule has 0 spiro atoms. The van der Waals surface area contributed by atoms with E-state index in [2.05, 4.69) is 18.7 Å². The van der Waals surface area contributed by atoms with Crippen molar-refractivity contribution in [2.75, 3.05) is 31.7 Å². The van der Waals surface area contributed by atoms with Crippen molar-refractivity contribution in [1.29, 1.82) is 0 Å². The molecule has 168 valence electrons. The second-order valence-electron chi connectivity index (χ2n) is 8.62. The van der Waals surface area contributed by atoms with Gasteiger partial charge in [0.25, 0.3) is 11.8 Å². The molecule has 0 radical (unpaired) electrons. The number of benzene rings is 2. The Morgan fingerprint density at radius 3 is 2.19 bits per heavy atom. The Kier molecular flexibility index (Phi) is 6.21. The van der Waals surface area contributed by atoms with E-state index in [1.54, 1.807) is 19.2 Å². The topological polar surface area (TPSA) is 59.1 Å². The minimum absolute atomic E-state index is 0.315. The van der Waals surface area contributed by atoms with Crippen molar-refractivity contribution >= 4 is 23.1 Å². The van der Waals surface area contributed by atoms with Gasteiger partial charge in [-0.15, -0.1) is 0 Å². The van der Waals surface area contributed by atoms with Gasteiger partial charge in [0.1, 0.15) is 17.2 Å². The van der Waals surface area contributed by atoms with Crippen LogP contribution in [-0.2, 0) is 9.59 Å². The second kappa shape index (κ2) is 9.07. The van der Waals surface area contributed by atoms with Crippen LogP contribution in [0.2, 0.25) is 0 Å². The van der Waals surface area contributed by atoms with Crippen molar-refractivity contribution in [2.45, 2.75) is 27.2 Å². The Hall–Kier alpha value is -3.28. The van der Waals surface area contributed by atoms with Gasteiger partial charge in [-0.25, -0.2) is 4.90 Å². The lowest BCUT2D eigenvalue weighted by Gasteiger charge is -2.37. The standard InChI is InChI=1S/C26H30N2O4/c1-5-32-22-13-9-7-11-20(22)28-25(29)23(19-10-6-8-12-21(19)31-4)24(26(28)30)27-15-17(2)14-18(3)16-27/h6-13,17-18H,5,14-16H2,1-4H3. The molecule has 0 aromatic heterocycles. The van der Waals surface area contributed by atoms with Gasteiger partial charge in [0.15, 0.2) is 0 Å². The summed E-state index contributed by atoms with van der Waals surface area (Å²) in [5, 5.41) is 0. The first-order valence-corrected chi connectivity index (χ1v) is 11.2. The average molecular weight is 435 g/mol. The molecule has 0 bridgehead atoms. The number of imide groups is 1. The number of hydrogen-bond acceptors (Lipinski definition) is 5. The fourth-order valence-corrected chi connectivity index (χ4v) is 4.89. The van der Waals surface area contributed by atoms with Gasteiger partial charge in [-0.2, -0.15) is 0 Å². The highest BCUT2D eigenvalue weighted by molar-refractivity contribution is 6.46. The quantitative estimate of drug-likeness (QED) is 0.633. The number of nitrogens with zero attached hydrogens (tertiary/aromatic N) is 2. The first-order valence-electron chi connectivity index (χ1n) is 11.2. The van der Waals surface area contributed by atoms with Crippen molar-refractivity contribution < 1.29 is 19.1 Å². The number of para-hydroxylation sites is 3. The summed E-state index contributed by atoms with van der Waals surface area (Å²) in [6.45, 7) is 8.17. The zero-order chi connectivity index (χ0) is 22.8. The van der Waals surface area contributed by atoms with Crippen LogP contribution in [0.25, 0.3) is 5.57 Å². The monoisotopic (exact) mass is 434 g/mol. The molecular formula is C26H30N2O4. The Bertz CT molecular complexity index is 1050. The summed E-state index contributed by atoms with van der Waals surface area (Å²) in [7, 11) is 1.58. The first kappa shape index (κ1) is 21.9. The van der Waals surface area contributed by atoms with Crippen molar-refractivity contribution in [3.63, 3.8) is 0 Å². The molecule has 2 aromatic rings. The number of amides is 2. The highest BCUT2D eigenvalue weighted by atomic mass is 16.5. The molecule has 2 aromatic carbocycles. The van der Waals surface area contributed by atoms with Gasteiger partial charge in [-0.05, 0) is 43.4 Å². The number of rotatable bonds is 6. The van der Waals surface area contributed by atoms with Gasteiger partial charge in [-0.3, -0.25) is 9.59 Å². The summed E-state index contributed by atoms with van der Waals surface area (Å²) >= 11 is 0. The lowest BCUT2D eigenvalue weighted by atomic mass is 9.91. The molecule has 0 aliphatic carbocycles. The normalized spacial score (nSPS) is 21.4. The van der Waals surface area contributed by atoms with Crippen molar-refractivity contribution in [3.8, 4) is 11.5 Å². The van der Waals surface area contributed by atoms with Gasteiger partial charge in [0.2, 0.25) is 0 Å². The van der Waals surface area contributed by atoms with Crippen LogP contribution >= 0.6 is 0 Å². The third-order valence-electron chi connectivity index (χ3n) is 6.03. The maximum atomic E-state index is 13.9. The maximum Gasteiger partial charge on any atom is 0.282 e. The zero-order valence-electron chi connectivity index (χ0n) is 19.1. The number of piperidine rings is 1. The summed E-state index contributed by atoms with van der Waals surface area (Å²) in [4.78, 5) is 31.1. The number of hydrogen-bond donors (Lipinski definition) is 0. The lowest BCUT2D eigenvalue weighted by molar-refractivity contribution is -0.121. The molecule has 2 aliphatic rings. The molecule has 6 nitrogen and oxygen atoms in total. The van der Waals surface area contributed by atoms with Crippen LogP contribution in [0.5, 0.6) is 11.5 Å². The number of likely N-dealkylation sites (tertiary alicyclic amines) is 1. The van der Waals surface area contributed by atoms with E-state index >= 15 is 0 Å². The highest BCUT2D eigenvalue weighted by Gasteiger charge is 2.45. The van der Waals surface area contributed by atoms with Crippen LogP contribution in [0.3, 0.4) is 0 Å². The van der Waals surface area contributed by atoms with E-state index in [4.69, 9.17) is 9.47 Å². The Morgan fingerprint density at radius 2 is 1.53 bits per heavy atom. The summed E-state index contributed by atoms with van der Waals surface area (Å²) in [5.74, 6) is 1.27. The smallest absolute Gasteiger partial charge is 0.282 e. The average Bonchev–Trinajstić information content (AvgIpc) is 3.03. The molecule has 2 amide bonds. The first-order chi connectivity index (χ1) is 15.5. The van der Waals surface area contributed by atoms with Gasteiger partial charge in [0, 0.05) is 18.7 Å². The second-order valence-corrected chi connectivity index (χ2v) is 8.62. The van der Waals surface area contributed by atoms with E-state index in [-0.39, 0.29) is 11.8 Å². The third kappa shape index (κ3) is 3.85. The molecule has 2 aliphatic heterocycles. The van der Waals surface area contributed by atoms with E-state index in [1.807, 2.05) is 43.3 Å². The zero-order valence-corrected chi connectivity index (χ0v) is 19.1. The number of carbonyl (C=O) groups is 2. The molecule has 6 heteroatoms. The fraction of sp³-hybridized carbons (Fsp3) is 0.385. The molecule has 0 N–H and O–H groups in total. The van der Waals surface area contributed by atoms with E-state index in [9.17, 15) is 9.59 Å². The van der Waals surface area contributed by atoms with Crippen LogP contribution in [0.4, 0.5) is 5.69 Å². The molecular weight excluding hydrogens is 404 g/mol. The molecule has 2 atom stereocenters. The molecule has 2 unspecified atom stereocenters. The number of methoxy groups -OCH3 is 1. The van der Waals surface area contributed by atoms with E-state index in [1.165, 1.54) is 4.90 Å². The highest BCUT2D eigenvalue weighted by Crippen LogP contribution is 2.42. The predicted octanol–water partition coefficient (Wildman–Crippen LogP) is 4.36. The fourth-order valence-electron chi connectivity index (χ4n) is 4.89. The maximum absolute atomic E-state index is 13.9. The SMILES string of the molecule is CCOc1ccccc1N1C(=O)C(c2ccccc2OC)=C(N2CC(C)CC(C)C2)C1=O. The minimum Gasteiger partial charge on any atom is -0.496 e. The Labute approximate surface area is 189 Å². The molecule has 0 saturated carbocycles. The molecule has 4 rings (SSSR count). The van der Waals surface area contributed by atoms with Crippen LogP contribution < -0.4 is 14.4 Å². The molecule has 1 fully saturated rings. The van der Waals surface area contributed by atoms with Gasteiger partial charge in [-0.1, -0.05) is 44.2 Å². The Balaban J connectivity index is 1.88. The van der Waals surface area contributed by atoms with Gasteiger partial charge < -0.3 is 14.4 Å². The predicted molar refractivity (Wildman–Crippen MR) is 125 cm³/mol. The van der Waals surface area contributed by atoms with Crippen molar-refractivity contribution in [3.05, 3.63) is 59.8 Å². The minimum atomic E-state index is -0.354. The van der Waals surface area contributed by atoms with Crippen LogP contribution in [0.15, 0.2) is 54.2 Å². The van der Waals surface area contributed by atoms with E-state index in [0.29, 0.717) is 52.5 Å². The largest absolute Gasteiger partial charge is 0.496 e. The van der Waals surface area contributed by atoms with E-state index < -0.39 is 0 Å². The van der Waals surface area contributed by atoms with E-state index in [0.717, 1.165) is 19.5 Å². The summed E-state index contributed by atoms with van der Waals surface area (Å²) < 4.78 is 11.3.